The second-order valence-corrected chi connectivity index (χ2v) is 7.21. The van der Waals surface area contributed by atoms with Gasteiger partial charge in [-0.25, -0.2) is 4.39 Å². The molecular formula is C19H25FN2O3. The molecule has 2 fully saturated rings. The number of piperidine rings is 1. The summed E-state index contributed by atoms with van der Waals surface area (Å²) in [6.07, 6.45) is 4.07. The summed E-state index contributed by atoms with van der Waals surface area (Å²) in [5.74, 6) is -0.240. The highest BCUT2D eigenvalue weighted by atomic mass is 19.1. The second-order valence-electron chi connectivity index (χ2n) is 7.21. The van der Waals surface area contributed by atoms with Gasteiger partial charge >= 0.3 is 0 Å². The molecule has 136 valence electrons. The zero-order chi connectivity index (χ0) is 18.0. The lowest BCUT2D eigenvalue weighted by Gasteiger charge is -2.46. The summed E-state index contributed by atoms with van der Waals surface area (Å²) in [6, 6.07) is 4.63. The van der Waals surface area contributed by atoms with Crippen LogP contribution in [0, 0.1) is 5.82 Å². The number of hydrogen-bond acceptors (Lipinski definition) is 3. The fourth-order valence-corrected chi connectivity index (χ4v) is 4.10. The smallest absolute Gasteiger partial charge is 0.227 e. The predicted octanol–water partition coefficient (Wildman–Crippen LogP) is 2.43. The minimum Gasteiger partial charge on any atom is -0.494 e. The topological polar surface area (TPSA) is 58.6 Å². The summed E-state index contributed by atoms with van der Waals surface area (Å²) in [4.78, 5) is 26.7. The third kappa shape index (κ3) is 3.62. The van der Waals surface area contributed by atoms with Gasteiger partial charge in [-0.3, -0.25) is 9.59 Å². The Morgan fingerprint density at radius 2 is 2.24 bits per heavy atom. The summed E-state index contributed by atoms with van der Waals surface area (Å²) in [5, 5.41) is 3.10. The summed E-state index contributed by atoms with van der Waals surface area (Å²) in [6.45, 7) is 2.72. The molecule has 5 nitrogen and oxygen atoms in total. The molecular weight excluding hydrogens is 323 g/mol. The van der Waals surface area contributed by atoms with Crippen LogP contribution in [0.5, 0.6) is 5.75 Å². The molecule has 0 aliphatic carbocycles. The zero-order valence-electron chi connectivity index (χ0n) is 14.8. The van der Waals surface area contributed by atoms with Crippen LogP contribution in [0.1, 0.15) is 44.6 Å². The fraction of sp³-hybridized carbons (Fsp3) is 0.579. The third-order valence-corrected chi connectivity index (χ3v) is 5.42. The van der Waals surface area contributed by atoms with Crippen LogP contribution in [0.15, 0.2) is 18.2 Å². The summed E-state index contributed by atoms with van der Waals surface area (Å²) >= 11 is 0. The molecule has 2 atom stereocenters. The standard InChI is InChI=1S/C19H25FN2O3/c1-19-9-3-4-10-22(16(19)7-8-17(23)21-19)18(24)12-13-5-6-15(25-2)14(20)11-13/h5-6,11,16H,3-4,7-10,12H2,1-2H3,(H,21,23)/t16-,19-/m0/s1. The number of carbonyl (C=O) groups is 2. The van der Waals surface area contributed by atoms with Crippen LogP contribution < -0.4 is 10.1 Å². The van der Waals surface area contributed by atoms with Crippen LogP contribution in [0.25, 0.3) is 0 Å². The van der Waals surface area contributed by atoms with Crippen LogP contribution in [-0.4, -0.2) is 41.9 Å². The largest absolute Gasteiger partial charge is 0.494 e. The van der Waals surface area contributed by atoms with Gasteiger partial charge in [0.25, 0.3) is 0 Å². The van der Waals surface area contributed by atoms with Crippen LogP contribution in [0.3, 0.4) is 0 Å². The van der Waals surface area contributed by atoms with Crippen molar-refractivity contribution in [3.8, 4) is 5.75 Å². The quantitative estimate of drug-likeness (QED) is 0.913. The van der Waals surface area contributed by atoms with Crippen molar-refractivity contribution in [1.29, 1.82) is 0 Å². The molecule has 1 aromatic carbocycles. The molecule has 0 saturated carbocycles. The Kier molecular flexibility index (Phi) is 4.97. The number of benzene rings is 1. The molecule has 2 saturated heterocycles. The van der Waals surface area contributed by atoms with E-state index in [2.05, 4.69) is 5.32 Å². The van der Waals surface area contributed by atoms with Gasteiger partial charge in [0.05, 0.1) is 25.1 Å². The number of hydrogen-bond donors (Lipinski definition) is 1. The summed E-state index contributed by atoms with van der Waals surface area (Å²) < 4.78 is 18.8. The van der Waals surface area contributed by atoms with E-state index in [1.165, 1.54) is 13.2 Å². The number of likely N-dealkylation sites (tertiary alicyclic amines) is 1. The van der Waals surface area contributed by atoms with Gasteiger partial charge in [0.15, 0.2) is 11.6 Å². The summed E-state index contributed by atoms with van der Waals surface area (Å²) in [5.41, 5.74) is 0.265. The molecule has 2 amide bonds. The fourth-order valence-electron chi connectivity index (χ4n) is 4.10. The monoisotopic (exact) mass is 348 g/mol. The van der Waals surface area contributed by atoms with Gasteiger partial charge in [-0.1, -0.05) is 6.07 Å². The van der Waals surface area contributed by atoms with E-state index in [0.717, 1.165) is 19.3 Å². The second kappa shape index (κ2) is 7.02. The first-order chi connectivity index (χ1) is 11.9. The first kappa shape index (κ1) is 17.7. The van der Waals surface area contributed by atoms with E-state index in [1.807, 2.05) is 11.8 Å². The third-order valence-electron chi connectivity index (χ3n) is 5.42. The normalized spacial score (nSPS) is 26.4. The number of fused-ring (bicyclic) bond motifs is 1. The van der Waals surface area contributed by atoms with Gasteiger partial charge in [-0.05, 0) is 50.3 Å². The van der Waals surface area contributed by atoms with Crippen molar-refractivity contribution in [2.75, 3.05) is 13.7 Å². The maximum Gasteiger partial charge on any atom is 0.227 e. The zero-order valence-corrected chi connectivity index (χ0v) is 14.8. The Labute approximate surface area is 147 Å². The number of methoxy groups -OCH3 is 1. The molecule has 1 aromatic rings. The van der Waals surface area contributed by atoms with E-state index in [-0.39, 0.29) is 35.6 Å². The van der Waals surface area contributed by atoms with Crippen LogP contribution >= 0.6 is 0 Å². The minimum atomic E-state index is -0.460. The molecule has 0 spiro atoms. The lowest BCUT2D eigenvalue weighted by molar-refractivity contribution is -0.139. The van der Waals surface area contributed by atoms with Gasteiger partial charge in [0.1, 0.15) is 0 Å². The molecule has 0 unspecified atom stereocenters. The molecule has 0 aromatic heterocycles. The predicted molar refractivity (Wildman–Crippen MR) is 91.8 cm³/mol. The number of halogens is 1. The van der Waals surface area contributed by atoms with Crippen molar-refractivity contribution in [1.82, 2.24) is 10.2 Å². The molecule has 1 N–H and O–H groups in total. The summed E-state index contributed by atoms with van der Waals surface area (Å²) in [7, 11) is 1.42. The number of ether oxygens (including phenoxy) is 1. The van der Waals surface area contributed by atoms with E-state index in [0.29, 0.717) is 24.9 Å². The first-order valence-corrected chi connectivity index (χ1v) is 8.86. The van der Waals surface area contributed by atoms with Gasteiger partial charge in [0.2, 0.25) is 11.8 Å². The first-order valence-electron chi connectivity index (χ1n) is 8.86. The Morgan fingerprint density at radius 3 is 2.96 bits per heavy atom. The highest BCUT2D eigenvalue weighted by molar-refractivity contribution is 5.81. The van der Waals surface area contributed by atoms with Gasteiger partial charge < -0.3 is 15.0 Å². The van der Waals surface area contributed by atoms with Gasteiger partial charge in [-0.2, -0.15) is 0 Å². The maximum atomic E-state index is 13.9. The molecule has 3 rings (SSSR count). The van der Waals surface area contributed by atoms with Crippen LogP contribution in [-0.2, 0) is 16.0 Å². The maximum absolute atomic E-state index is 13.9. The van der Waals surface area contributed by atoms with E-state index < -0.39 is 5.82 Å². The van der Waals surface area contributed by atoms with Crippen molar-refractivity contribution < 1.29 is 18.7 Å². The van der Waals surface area contributed by atoms with E-state index in [4.69, 9.17) is 4.74 Å². The average molecular weight is 348 g/mol. The lowest BCUT2D eigenvalue weighted by Crippen LogP contribution is -2.63. The SMILES string of the molecule is COc1ccc(CC(=O)N2CCCC[C@]3(C)NC(=O)CC[C@H]23)cc1F. The Balaban J connectivity index is 1.78. The van der Waals surface area contributed by atoms with Crippen molar-refractivity contribution >= 4 is 11.8 Å². The molecule has 6 heteroatoms. The van der Waals surface area contributed by atoms with Crippen molar-refractivity contribution in [2.24, 2.45) is 0 Å². The number of amides is 2. The van der Waals surface area contributed by atoms with E-state index in [1.54, 1.807) is 12.1 Å². The van der Waals surface area contributed by atoms with Gasteiger partial charge in [0, 0.05) is 13.0 Å². The van der Waals surface area contributed by atoms with Crippen molar-refractivity contribution in [2.45, 2.75) is 57.0 Å². The number of rotatable bonds is 3. The van der Waals surface area contributed by atoms with Crippen molar-refractivity contribution in [3.05, 3.63) is 29.6 Å². The van der Waals surface area contributed by atoms with E-state index >= 15 is 0 Å². The minimum absolute atomic E-state index is 0.00305. The number of carbonyl (C=O) groups excluding carboxylic acids is 2. The molecule has 2 aliphatic heterocycles. The Hall–Kier alpha value is -2.11. The number of nitrogens with one attached hydrogen (secondary N) is 1. The Bertz CT molecular complexity index is 679. The molecule has 0 radical (unpaired) electrons. The van der Waals surface area contributed by atoms with Crippen molar-refractivity contribution in [3.63, 3.8) is 0 Å². The molecule has 2 heterocycles. The molecule has 0 bridgehead atoms. The van der Waals surface area contributed by atoms with Crippen LogP contribution in [0.2, 0.25) is 0 Å². The lowest BCUT2D eigenvalue weighted by atomic mass is 9.81. The molecule has 2 aliphatic rings. The van der Waals surface area contributed by atoms with E-state index in [9.17, 15) is 14.0 Å². The van der Waals surface area contributed by atoms with Gasteiger partial charge in [-0.15, -0.1) is 0 Å². The molecule has 25 heavy (non-hydrogen) atoms. The van der Waals surface area contributed by atoms with Crippen LogP contribution in [0.4, 0.5) is 4.39 Å². The Morgan fingerprint density at radius 1 is 1.44 bits per heavy atom. The number of nitrogens with zero attached hydrogens (tertiary/aromatic N) is 1. The average Bonchev–Trinajstić information content (AvgIpc) is 2.73. The highest BCUT2D eigenvalue weighted by Crippen LogP contribution is 2.33. The highest BCUT2D eigenvalue weighted by Gasteiger charge is 2.44.